The van der Waals surface area contributed by atoms with Crippen molar-refractivity contribution in [2.45, 2.75) is 29.9 Å². The molecule has 1 aliphatic heterocycles. The molecule has 10 heteroatoms. The first-order valence-electron chi connectivity index (χ1n) is 9.07. The van der Waals surface area contributed by atoms with Crippen LogP contribution in [0.5, 0.6) is 0 Å². The van der Waals surface area contributed by atoms with Gasteiger partial charge in [0.25, 0.3) is 0 Å². The number of alkyl halides is 3. The van der Waals surface area contributed by atoms with Gasteiger partial charge in [-0.05, 0) is 41.8 Å². The molecule has 30 heavy (non-hydrogen) atoms. The molecule has 2 N–H and O–H groups in total. The Balaban J connectivity index is 1.32. The zero-order valence-corrected chi connectivity index (χ0v) is 17.1. The Morgan fingerprint density at radius 1 is 1.20 bits per heavy atom. The van der Waals surface area contributed by atoms with Gasteiger partial charge in [-0.1, -0.05) is 23.9 Å². The Kier molecular flexibility index (Phi) is 5.70. The molecule has 0 spiro atoms. The molecule has 156 valence electrons. The maximum atomic E-state index is 12.8. The second-order valence-electron chi connectivity index (χ2n) is 6.77. The van der Waals surface area contributed by atoms with Crippen molar-refractivity contribution in [3.8, 4) is 0 Å². The van der Waals surface area contributed by atoms with Crippen molar-refractivity contribution in [1.82, 2.24) is 10.3 Å². The molecule has 3 aromatic rings. The fourth-order valence-corrected chi connectivity index (χ4v) is 4.95. The quantitative estimate of drug-likeness (QED) is 0.556. The molecule has 1 aromatic heterocycles. The molecule has 2 amide bonds. The van der Waals surface area contributed by atoms with E-state index in [2.05, 4.69) is 15.6 Å². The number of hydrogen-bond donors (Lipinski definition) is 2. The van der Waals surface area contributed by atoms with Gasteiger partial charge in [-0.15, -0.1) is 11.3 Å². The second-order valence-corrected chi connectivity index (χ2v) is 9.02. The highest BCUT2D eigenvalue weighted by atomic mass is 32.2. The van der Waals surface area contributed by atoms with Crippen molar-refractivity contribution < 1.29 is 22.8 Å². The number of fused-ring (bicyclic) bond motifs is 2. The van der Waals surface area contributed by atoms with Gasteiger partial charge in [0.1, 0.15) is 0 Å². The van der Waals surface area contributed by atoms with E-state index in [1.807, 2.05) is 18.2 Å². The lowest BCUT2D eigenvalue weighted by Crippen LogP contribution is -2.25. The van der Waals surface area contributed by atoms with Gasteiger partial charge < -0.3 is 10.6 Å². The molecule has 0 unspecified atom stereocenters. The topological polar surface area (TPSA) is 71.1 Å². The van der Waals surface area contributed by atoms with Gasteiger partial charge in [0.05, 0.1) is 21.5 Å². The Hall–Kier alpha value is -2.59. The van der Waals surface area contributed by atoms with E-state index < -0.39 is 11.7 Å². The lowest BCUT2D eigenvalue weighted by molar-refractivity contribution is -0.137. The summed E-state index contributed by atoms with van der Waals surface area (Å²) in [6.45, 7) is 0.357. The van der Waals surface area contributed by atoms with E-state index in [0.717, 1.165) is 28.9 Å². The normalized spacial score (nSPS) is 13.8. The van der Waals surface area contributed by atoms with Crippen LogP contribution in [-0.4, -0.2) is 22.6 Å². The molecule has 0 atom stereocenters. The third-order valence-corrected chi connectivity index (χ3v) is 6.76. The van der Waals surface area contributed by atoms with Gasteiger partial charge in [-0.2, -0.15) is 13.2 Å². The molecule has 0 saturated heterocycles. The molecule has 0 fully saturated rings. The van der Waals surface area contributed by atoms with E-state index in [9.17, 15) is 22.8 Å². The van der Waals surface area contributed by atoms with Gasteiger partial charge in [-0.3, -0.25) is 9.59 Å². The van der Waals surface area contributed by atoms with Crippen LogP contribution in [0.3, 0.4) is 0 Å². The number of thioether (sulfide) groups is 1. The molecule has 1 aliphatic rings. The van der Waals surface area contributed by atoms with Gasteiger partial charge in [-0.25, -0.2) is 4.98 Å². The average molecular weight is 451 g/mol. The van der Waals surface area contributed by atoms with Crippen molar-refractivity contribution >= 4 is 50.8 Å². The number of aromatic nitrogens is 1. The van der Waals surface area contributed by atoms with E-state index >= 15 is 0 Å². The number of thiazole rings is 1. The third kappa shape index (κ3) is 4.76. The minimum atomic E-state index is -4.41. The first-order valence-corrected chi connectivity index (χ1v) is 10.9. The minimum Gasteiger partial charge on any atom is -0.351 e. The Bertz CT molecular complexity index is 1130. The highest BCUT2D eigenvalue weighted by molar-refractivity contribution is 8.01. The molecular weight excluding hydrogens is 435 g/mol. The summed E-state index contributed by atoms with van der Waals surface area (Å²) in [7, 11) is 0. The maximum Gasteiger partial charge on any atom is 0.416 e. The Morgan fingerprint density at radius 2 is 2.03 bits per heavy atom. The van der Waals surface area contributed by atoms with Gasteiger partial charge in [0, 0.05) is 18.7 Å². The van der Waals surface area contributed by atoms with Crippen LogP contribution in [0.4, 0.5) is 18.9 Å². The fraction of sp³-hybridized carbons (Fsp3) is 0.250. The van der Waals surface area contributed by atoms with Crippen LogP contribution in [0.2, 0.25) is 0 Å². The van der Waals surface area contributed by atoms with Gasteiger partial charge >= 0.3 is 6.18 Å². The predicted octanol–water partition coefficient (Wildman–Crippen LogP) is 4.61. The highest BCUT2D eigenvalue weighted by Gasteiger charge is 2.30. The number of anilines is 1. The molecule has 0 radical (unpaired) electrons. The van der Waals surface area contributed by atoms with Crippen LogP contribution in [0.25, 0.3) is 10.2 Å². The largest absolute Gasteiger partial charge is 0.416 e. The number of carbonyl (C=O) groups is 2. The van der Waals surface area contributed by atoms with Crippen LogP contribution in [-0.2, 0) is 28.7 Å². The number of nitrogens with one attached hydrogen (secondary N) is 2. The number of halogens is 3. The minimum absolute atomic E-state index is 0.00468. The Labute approximate surface area is 178 Å². The molecule has 2 aromatic carbocycles. The van der Waals surface area contributed by atoms with E-state index in [4.69, 9.17) is 0 Å². The van der Waals surface area contributed by atoms with Crippen LogP contribution in [0, 0.1) is 0 Å². The molecule has 0 saturated carbocycles. The fourth-order valence-electron chi connectivity index (χ4n) is 3.07. The van der Waals surface area contributed by atoms with Gasteiger partial charge in [0.2, 0.25) is 11.8 Å². The van der Waals surface area contributed by atoms with E-state index in [-0.39, 0.29) is 23.1 Å². The summed E-state index contributed by atoms with van der Waals surface area (Å²) >= 11 is 2.45. The van der Waals surface area contributed by atoms with Crippen LogP contribution in [0.1, 0.15) is 23.1 Å². The predicted molar refractivity (Wildman–Crippen MR) is 111 cm³/mol. The van der Waals surface area contributed by atoms with Crippen LogP contribution >= 0.6 is 23.1 Å². The number of aryl methyl sites for hydroxylation is 1. The first kappa shape index (κ1) is 20.7. The van der Waals surface area contributed by atoms with Crippen molar-refractivity contribution in [3.63, 3.8) is 0 Å². The zero-order valence-electron chi connectivity index (χ0n) is 15.5. The summed E-state index contributed by atoms with van der Waals surface area (Å²) in [6, 6.07) is 9.11. The van der Waals surface area contributed by atoms with Gasteiger partial charge in [0.15, 0.2) is 4.34 Å². The molecule has 0 aliphatic carbocycles. The number of carbonyl (C=O) groups excluding carboxylic acids is 2. The van der Waals surface area contributed by atoms with Crippen molar-refractivity contribution in [2.75, 3.05) is 11.1 Å². The zero-order chi connectivity index (χ0) is 21.3. The summed E-state index contributed by atoms with van der Waals surface area (Å²) in [5.41, 5.74) is 2.32. The summed E-state index contributed by atoms with van der Waals surface area (Å²) < 4.78 is 39.6. The molecular formula is C20H16F3N3O2S2. The van der Waals surface area contributed by atoms with E-state index in [1.165, 1.54) is 29.2 Å². The van der Waals surface area contributed by atoms with Crippen LogP contribution < -0.4 is 10.6 Å². The number of benzene rings is 2. The molecule has 0 bridgehead atoms. The highest BCUT2D eigenvalue weighted by Crippen LogP contribution is 2.35. The maximum absolute atomic E-state index is 12.8. The SMILES string of the molecule is O=C(CSc1nc2cc(C(F)(F)F)ccc2s1)NCc1ccc2c(c1)CCC(=O)N2. The second kappa shape index (κ2) is 8.27. The summed E-state index contributed by atoms with van der Waals surface area (Å²) in [6.07, 6.45) is -3.29. The number of amides is 2. The van der Waals surface area contributed by atoms with Crippen LogP contribution in [0.15, 0.2) is 40.7 Å². The van der Waals surface area contributed by atoms with Crippen molar-refractivity contribution in [3.05, 3.63) is 53.1 Å². The molecule has 4 rings (SSSR count). The number of nitrogens with zero attached hydrogens (tertiary/aromatic N) is 1. The van der Waals surface area contributed by atoms with E-state index in [0.29, 0.717) is 28.4 Å². The smallest absolute Gasteiger partial charge is 0.351 e. The summed E-state index contributed by atoms with van der Waals surface area (Å²) in [4.78, 5) is 27.8. The number of rotatable bonds is 5. The summed E-state index contributed by atoms with van der Waals surface area (Å²) in [5.74, 6) is -0.0706. The Morgan fingerprint density at radius 3 is 2.83 bits per heavy atom. The standard InChI is InChI=1S/C20H16F3N3O2S2/c21-20(22,23)13-3-5-16-15(8-13)26-19(30-16)29-10-18(28)24-9-11-1-4-14-12(7-11)2-6-17(27)25-14/h1,3-5,7-8H,2,6,9-10H2,(H,24,28)(H,25,27). The average Bonchev–Trinajstić information content (AvgIpc) is 3.12. The molecule has 2 heterocycles. The van der Waals surface area contributed by atoms with Crippen molar-refractivity contribution in [1.29, 1.82) is 0 Å². The summed E-state index contributed by atoms with van der Waals surface area (Å²) in [5, 5.41) is 5.64. The molecule has 5 nitrogen and oxygen atoms in total. The third-order valence-electron chi connectivity index (χ3n) is 4.58. The monoisotopic (exact) mass is 451 g/mol. The lowest BCUT2D eigenvalue weighted by atomic mass is 10.0. The van der Waals surface area contributed by atoms with Crippen molar-refractivity contribution in [2.24, 2.45) is 0 Å². The van der Waals surface area contributed by atoms with E-state index in [1.54, 1.807) is 0 Å². The lowest BCUT2D eigenvalue weighted by Gasteiger charge is -2.17. The number of hydrogen-bond acceptors (Lipinski definition) is 5. The first-order chi connectivity index (χ1) is 14.3.